The van der Waals surface area contributed by atoms with Crippen molar-refractivity contribution >= 4 is 5.91 Å². The van der Waals surface area contributed by atoms with E-state index in [4.69, 9.17) is 4.74 Å². The minimum absolute atomic E-state index is 0.00623. The Morgan fingerprint density at radius 2 is 1.74 bits per heavy atom. The van der Waals surface area contributed by atoms with Crippen molar-refractivity contribution in [2.24, 2.45) is 0 Å². The lowest BCUT2D eigenvalue weighted by Crippen LogP contribution is -2.44. The summed E-state index contributed by atoms with van der Waals surface area (Å²) in [5.41, 5.74) is 2.04. The lowest BCUT2D eigenvalue weighted by molar-refractivity contribution is -0.123. The van der Waals surface area contributed by atoms with Crippen LogP contribution in [0.15, 0.2) is 54.6 Å². The van der Waals surface area contributed by atoms with Crippen molar-refractivity contribution in [2.45, 2.75) is 25.3 Å². The summed E-state index contributed by atoms with van der Waals surface area (Å²) in [5, 5.41) is 3.13. The van der Waals surface area contributed by atoms with Crippen molar-refractivity contribution in [3.8, 4) is 0 Å². The molecule has 2 unspecified atom stereocenters. The molecule has 1 fully saturated rings. The van der Waals surface area contributed by atoms with Gasteiger partial charge in [0.2, 0.25) is 5.91 Å². The van der Waals surface area contributed by atoms with Crippen LogP contribution in [0.25, 0.3) is 0 Å². The van der Waals surface area contributed by atoms with Gasteiger partial charge >= 0.3 is 0 Å². The van der Waals surface area contributed by atoms with E-state index in [1.807, 2.05) is 37.3 Å². The molecule has 0 radical (unpaired) electrons. The summed E-state index contributed by atoms with van der Waals surface area (Å²) in [6, 6.07) is 16.4. The first-order chi connectivity index (χ1) is 13.2. The first-order valence-corrected chi connectivity index (χ1v) is 9.59. The molecule has 5 heteroatoms. The number of nitrogens with one attached hydrogen (secondary N) is 1. The molecule has 1 aliphatic rings. The van der Waals surface area contributed by atoms with Gasteiger partial charge in [-0.15, -0.1) is 0 Å². The van der Waals surface area contributed by atoms with Crippen LogP contribution in [0.5, 0.6) is 0 Å². The monoisotopic (exact) mass is 370 g/mol. The highest BCUT2D eigenvalue weighted by molar-refractivity contribution is 5.83. The van der Waals surface area contributed by atoms with Crippen LogP contribution in [-0.4, -0.2) is 43.7 Å². The Morgan fingerprint density at radius 3 is 2.37 bits per heavy atom. The Morgan fingerprint density at radius 1 is 1.07 bits per heavy atom. The molecule has 4 nitrogen and oxygen atoms in total. The van der Waals surface area contributed by atoms with E-state index < -0.39 is 0 Å². The minimum Gasteiger partial charge on any atom is -0.379 e. The first kappa shape index (κ1) is 19.5. The largest absolute Gasteiger partial charge is 0.379 e. The Labute approximate surface area is 160 Å². The van der Waals surface area contributed by atoms with Crippen molar-refractivity contribution in [1.29, 1.82) is 0 Å². The van der Waals surface area contributed by atoms with E-state index in [1.165, 1.54) is 12.1 Å². The molecule has 0 bridgehead atoms. The normalized spacial score (nSPS) is 17.3. The number of carbonyl (C=O) groups excluding carboxylic acids is 1. The van der Waals surface area contributed by atoms with Crippen molar-refractivity contribution < 1.29 is 13.9 Å². The molecule has 1 N–H and O–H groups in total. The Kier molecular flexibility index (Phi) is 6.96. The van der Waals surface area contributed by atoms with Gasteiger partial charge in [0.25, 0.3) is 0 Å². The predicted octanol–water partition coefficient (Wildman–Crippen LogP) is 3.51. The quantitative estimate of drug-likeness (QED) is 0.811. The number of benzene rings is 2. The van der Waals surface area contributed by atoms with Crippen LogP contribution in [-0.2, 0) is 9.53 Å². The van der Waals surface area contributed by atoms with E-state index in [1.54, 1.807) is 12.1 Å². The molecule has 2 atom stereocenters. The highest BCUT2D eigenvalue weighted by atomic mass is 19.1. The third-order valence-corrected chi connectivity index (χ3v) is 5.14. The van der Waals surface area contributed by atoms with Gasteiger partial charge in [-0.25, -0.2) is 4.39 Å². The maximum atomic E-state index is 13.3. The molecule has 0 aliphatic carbocycles. The van der Waals surface area contributed by atoms with Gasteiger partial charge in [-0.05, 0) is 29.7 Å². The third-order valence-electron chi connectivity index (χ3n) is 5.14. The Bertz CT molecular complexity index is 715. The van der Waals surface area contributed by atoms with Gasteiger partial charge in [0.15, 0.2) is 0 Å². The van der Waals surface area contributed by atoms with Gasteiger partial charge < -0.3 is 10.1 Å². The van der Waals surface area contributed by atoms with E-state index >= 15 is 0 Å². The topological polar surface area (TPSA) is 41.6 Å². The van der Waals surface area contributed by atoms with Gasteiger partial charge in [0.1, 0.15) is 5.82 Å². The number of hydrogen-bond donors (Lipinski definition) is 1. The summed E-state index contributed by atoms with van der Waals surface area (Å²) in [6.07, 6.45) is 0.745. The second kappa shape index (κ2) is 9.62. The molecule has 0 aromatic heterocycles. The second-order valence-electron chi connectivity index (χ2n) is 6.83. The second-order valence-corrected chi connectivity index (χ2v) is 6.83. The van der Waals surface area contributed by atoms with E-state index in [0.29, 0.717) is 19.8 Å². The summed E-state index contributed by atoms with van der Waals surface area (Å²) in [5.74, 6) is -0.382. The molecular weight excluding hydrogens is 343 g/mol. The van der Waals surface area contributed by atoms with Crippen LogP contribution >= 0.6 is 0 Å². The Hall–Kier alpha value is -2.24. The summed E-state index contributed by atoms with van der Waals surface area (Å²) in [7, 11) is 0. The fraction of sp³-hybridized carbons (Fsp3) is 0.409. The summed E-state index contributed by atoms with van der Waals surface area (Å²) in [4.78, 5) is 15.1. The molecule has 1 saturated heterocycles. The Balaban J connectivity index is 1.71. The molecular formula is C22H27FN2O2. The van der Waals surface area contributed by atoms with Gasteiger partial charge in [-0.2, -0.15) is 0 Å². The predicted molar refractivity (Wildman–Crippen MR) is 104 cm³/mol. The number of carbonyl (C=O) groups is 1. The zero-order valence-corrected chi connectivity index (χ0v) is 15.7. The van der Waals surface area contributed by atoms with Crippen molar-refractivity contribution in [2.75, 3.05) is 32.8 Å². The molecule has 1 heterocycles. The van der Waals surface area contributed by atoms with E-state index in [2.05, 4.69) is 10.2 Å². The first-order valence-electron chi connectivity index (χ1n) is 9.59. The molecule has 0 spiro atoms. The maximum absolute atomic E-state index is 13.3. The number of ether oxygens (including phenoxy) is 1. The van der Waals surface area contributed by atoms with Crippen molar-refractivity contribution in [3.05, 3.63) is 71.5 Å². The van der Waals surface area contributed by atoms with Gasteiger partial charge in [0.05, 0.1) is 25.2 Å². The minimum atomic E-state index is -0.251. The zero-order valence-electron chi connectivity index (χ0n) is 15.7. The molecule has 2 aromatic carbocycles. The number of rotatable bonds is 7. The molecule has 0 saturated carbocycles. The summed E-state index contributed by atoms with van der Waals surface area (Å²) < 4.78 is 18.8. The SMILES string of the molecule is CCC(C(=O)NCC(c1ccc(F)cc1)N1CCOCC1)c1ccccc1. The zero-order chi connectivity index (χ0) is 19.1. The van der Waals surface area contributed by atoms with Crippen LogP contribution in [0.2, 0.25) is 0 Å². The summed E-state index contributed by atoms with van der Waals surface area (Å²) in [6.45, 7) is 5.46. The molecule has 2 aromatic rings. The number of hydrogen-bond acceptors (Lipinski definition) is 3. The van der Waals surface area contributed by atoms with Crippen molar-refractivity contribution in [3.63, 3.8) is 0 Å². The molecule has 1 amide bonds. The maximum Gasteiger partial charge on any atom is 0.227 e. The van der Waals surface area contributed by atoms with Crippen LogP contribution in [0.3, 0.4) is 0 Å². The third kappa shape index (κ3) is 5.15. The standard InChI is InChI=1S/C22H27FN2O2/c1-2-20(17-6-4-3-5-7-17)22(26)24-16-21(25-12-14-27-15-13-25)18-8-10-19(23)11-9-18/h3-11,20-21H,2,12-16H2,1H3,(H,24,26). The fourth-order valence-electron chi connectivity index (χ4n) is 3.61. The molecule has 3 rings (SSSR count). The van der Waals surface area contributed by atoms with Gasteiger partial charge in [0, 0.05) is 19.6 Å². The number of amides is 1. The number of nitrogens with zero attached hydrogens (tertiary/aromatic N) is 1. The molecule has 1 aliphatic heterocycles. The average molecular weight is 370 g/mol. The molecule has 144 valence electrons. The smallest absolute Gasteiger partial charge is 0.227 e. The van der Waals surface area contributed by atoms with Crippen molar-refractivity contribution in [1.82, 2.24) is 10.2 Å². The van der Waals surface area contributed by atoms with E-state index in [0.717, 1.165) is 30.6 Å². The van der Waals surface area contributed by atoms with Gasteiger partial charge in [-0.1, -0.05) is 49.4 Å². The van der Waals surface area contributed by atoms with E-state index in [-0.39, 0.29) is 23.7 Å². The average Bonchev–Trinajstić information content (AvgIpc) is 2.71. The highest BCUT2D eigenvalue weighted by Gasteiger charge is 2.25. The lowest BCUT2D eigenvalue weighted by Gasteiger charge is -2.35. The fourth-order valence-corrected chi connectivity index (χ4v) is 3.61. The lowest BCUT2D eigenvalue weighted by atomic mass is 9.95. The van der Waals surface area contributed by atoms with Crippen LogP contribution in [0.1, 0.15) is 36.4 Å². The van der Waals surface area contributed by atoms with Crippen LogP contribution in [0.4, 0.5) is 4.39 Å². The highest BCUT2D eigenvalue weighted by Crippen LogP contribution is 2.23. The van der Waals surface area contributed by atoms with Gasteiger partial charge in [-0.3, -0.25) is 9.69 Å². The van der Waals surface area contributed by atoms with Crippen LogP contribution in [0, 0.1) is 5.82 Å². The molecule has 27 heavy (non-hydrogen) atoms. The summed E-state index contributed by atoms with van der Waals surface area (Å²) >= 11 is 0. The number of halogens is 1. The number of morpholine rings is 1. The van der Waals surface area contributed by atoms with Crippen LogP contribution < -0.4 is 5.32 Å². The van der Waals surface area contributed by atoms with E-state index in [9.17, 15) is 9.18 Å².